The van der Waals surface area contributed by atoms with Crippen molar-refractivity contribution in [3.63, 3.8) is 0 Å². The molecule has 9 nitrogen and oxygen atoms in total. The SMILES string of the molecule is CCn1c(-c2cnc(C)nc2)nc2c(N[C@@H]3CCc4cnc(C5CC5)n4C3)ncnc21. The number of nitrogens with one attached hydrogen (secondary N) is 1. The molecule has 0 amide bonds. The molecule has 2 aliphatic rings. The summed E-state index contributed by atoms with van der Waals surface area (Å²) < 4.78 is 4.51. The van der Waals surface area contributed by atoms with Gasteiger partial charge in [-0.2, -0.15) is 0 Å². The topological polar surface area (TPSA) is 99.2 Å². The molecule has 1 N–H and O–H groups in total. The van der Waals surface area contributed by atoms with E-state index < -0.39 is 0 Å². The Kier molecular flexibility index (Phi) is 4.22. The number of fused-ring (bicyclic) bond motifs is 2. The minimum atomic E-state index is 0.287. The van der Waals surface area contributed by atoms with E-state index >= 15 is 0 Å². The van der Waals surface area contributed by atoms with Crippen LogP contribution in [0.2, 0.25) is 0 Å². The molecule has 1 atom stereocenters. The van der Waals surface area contributed by atoms with Crippen LogP contribution in [0.15, 0.2) is 24.9 Å². The smallest absolute Gasteiger partial charge is 0.165 e. The molecule has 1 fully saturated rings. The largest absolute Gasteiger partial charge is 0.364 e. The third kappa shape index (κ3) is 3.15. The van der Waals surface area contributed by atoms with Crippen LogP contribution in [0.3, 0.4) is 0 Å². The van der Waals surface area contributed by atoms with Gasteiger partial charge in [-0.1, -0.05) is 0 Å². The van der Waals surface area contributed by atoms with Gasteiger partial charge in [-0.15, -0.1) is 0 Å². The molecule has 6 rings (SSSR count). The first-order valence-electron chi connectivity index (χ1n) is 11.0. The molecule has 1 saturated carbocycles. The van der Waals surface area contributed by atoms with Crippen molar-refractivity contribution in [1.29, 1.82) is 0 Å². The van der Waals surface area contributed by atoms with Gasteiger partial charge in [-0.05, 0) is 39.5 Å². The highest BCUT2D eigenvalue weighted by Crippen LogP contribution is 2.40. The van der Waals surface area contributed by atoms with Crippen molar-refractivity contribution >= 4 is 17.0 Å². The first-order valence-corrected chi connectivity index (χ1v) is 11.0. The van der Waals surface area contributed by atoms with Crippen LogP contribution in [-0.2, 0) is 19.5 Å². The molecular formula is C22H25N9. The second kappa shape index (κ2) is 7.11. The van der Waals surface area contributed by atoms with Gasteiger partial charge < -0.3 is 14.5 Å². The van der Waals surface area contributed by atoms with Gasteiger partial charge in [0.15, 0.2) is 17.0 Å². The highest BCUT2D eigenvalue weighted by atomic mass is 15.2. The Morgan fingerprint density at radius 2 is 1.87 bits per heavy atom. The van der Waals surface area contributed by atoms with E-state index in [4.69, 9.17) is 9.97 Å². The Hall–Kier alpha value is -3.36. The number of hydrogen-bond acceptors (Lipinski definition) is 7. The Balaban J connectivity index is 1.34. The van der Waals surface area contributed by atoms with Crippen LogP contribution in [0.25, 0.3) is 22.6 Å². The Morgan fingerprint density at radius 1 is 1.03 bits per heavy atom. The average molecular weight is 416 g/mol. The molecule has 0 aromatic carbocycles. The third-order valence-corrected chi connectivity index (χ3v) is 6.29. The second-order valence-corrected chi connectivity index (χ2v) is 8.47. The summed E-state index contributed by atoms with van der Waals surface area (Å²) >= 11 is 0. The van der Waals surface area contributed by atoms with Crippen LogP contribution in [-0.4, -0.2) is 45.1 Å². The predicted molar refractivity (Wildman–Crippen MR) is 117 cm³/mol. The summed E-state index contributed by atoms with van der Waals surface area (Å²) in [7, 11) is 0. The zero-order valence-corrected chi connectivity index (χ0v) is 17.8. The molecule has 158 valence electrons. The average Bonchev–Trinajstić information content (AvgIpc) is 3.43. The number of aromatic nitrogens is 8. The van der Waals surface area contributed by atoms with Crippen LogP contribution in [0.1, 0.15) is 49.4 Å². The number of anilines is 1. The lowest BCUT2D eigenvalue weighted by atomic mass is 10.1. The molecule has 0 saturated heterocycles. The third-order valence-electron chi connectivity index (χ3n) is 6.29. The van der Waals surface area contributed by atoms with E-state index in [1.165, 1.54) is 24.4 Å². The lowest BCUT2D eigenvalue weighted by Gasteiger charge is -2.26. The Bertz CT molecular complexity index is 1250. The summed E-state index contributed by atoms with van der Waals surface area (Å²) in [4.78, 5) is 27.4. The van der Waals surface area contributed by atoms with Crippen molar-refractivity contribution in [2.24, 2.45) is 0 Å². The summed E-state index contributed by atoms with van der Waals surface area (Å²) in [6.07, 6.45) is 11.9. The minimum Gasteiger partial charge on any atom is -0.364 e. The first kappa shape index (κ1) is 18.4. The molecule has 4 aromatic rings. The van der Waals surface area contributed by atoms with Crippen molar-refractivity contribution < 1.29 is 0 Å². The fourth-order valence-electron chi connectivity index (χ4n) is 4.52. The maximum atomic E-state index is 4.92. The maximum absolute atomic E-state index is 4.92. The Morgan fingerprint density at radius 3 is 2.65 bits per heavy atom. The zero-order chi connectivity index (χ0) is 20.9. The van der Waals surface area contributed by atoms with Gasteiger partial charge in [0, 0.05) is 49.3 Å². The van der Waals surface area contributed by atoms with Crippen LogP contribution < -0.4 is 5.32 Å². The van der Waals surface area contributed by atoms with Crippen molar-refractivity contribution in [3.05, 3.63) is 42.3 Å². The van der Waals surface area contributed by atoms with Gasteiger partial charge >= 0.3 is 0 Å². The van der Waals surface area contributed by atoms with Crippen molar-refractivity contribution in [2.45, 2.75) is 64.6 Å². The van der Waals surface area contributed by atoms with Gasteiger partial charge in [0.05, 0.1) is 5.56 Å². The first-order chi connectivity index (χ1) is 15.2. The Labute approximate surface area is 180 Å². The summed E-state index contributed by atoms with van der Waals surface area (Å²) in [5, 5.41) is 3.66. The van der Waals surface area contributed by atoms with E-state index in [2.05, 4.69) is 47.5 Å². The molecule has 0 spiro atoms. The molecule has 1 aliphatic carbocycles. The zero-order valence-electron chi connectivity index (χ0n) is 17.8. The molecule has 1 aliphatic heterocycles. The molecule has 0 bridgehead atoms. The molecule has 0 radical (unpaired) electrons. The van der Waals surface area contributed by atoms with E-state index in [9.17, 15) is 0 Å². The van der Waals surface area contributed by atoms with E-state index in [-0.39, 0.29) is 6.04 Å². The normalized spacial score (nSPS) is 18.3. The summed E-state index contributed by atoms with van der Waals surface area (Å²) in [5.41, 5.74) is 3.85. The summed E-state index contributed by atoms with van der Waals surface area (Å²) in [6, 6.07) is 0.287. The lowest BCUT2D eigenvalue weighted by molar-refractivity contribution is 0.470. The monoisotopic (exact) mass is 415 g/mol. The van der Waals surface area contributed by atoms with E-state index in [1.54, 1.807) is 6.33 Å². The number of aryl methyl sites for hydroxylation is 3. The minimum absolute atomic E-state index is 0.287. The molecule has 31 heavy (non-hydrogen) atoms. The fourth-order valence-corrected chi connectivity index (χ4v) is 4.52. The molecule has 5 heterocycles. The molecule has 9 heteroatoms. The van der Waals surface area contributed by atoms with Crippen LogP contribution in [0.5, 0.6) is 0 Å². The van der Waals surface area contributed by atoms with Gasteiger partial charge in [-0.3, -0.25) is 0 Å². The van der Waals surface area contributed by atoms with Crippen molar-refractivity contribution in [1.82, 2.24) is 39.0 Å². The summed E-state index contributed by atoms with van der Waals surface area (Å²) in [5.74, 6) is 4.25. The van der Waals surface area contributed by atoms with Gasteiger partial charge in [0.1, 0.15) is 23.8 Å². The molecule has 0 unspecified atom stereocenters. The summed E-state index contributed by atoms with van der Waals surface area (Å²) in [6.45, 7) is 5.64. The quantitative estimate of drug-likeness (QED) is 0.535. The standard InChI is InChI=1S/C22H25N9/c1-3-30-21(15-8-23-13(2)24-9-15)29-18-19(26-12-27-22(18)30)28-16-6-7-17-10-25-20(14-4-5-14)31(17)11-16/h8-10,12,14,16H,3-7,11H2,1-2H3,(H,26,27,28)/t16-/m1/s1. The van der Waals surface area contributed by atoms with E-state index in [0.717, 1.165) is 60.1 Å². The van der Waals surface area contributed by atoms with Crippen LogP contribution in [0, 0.1) is 6.92 Å². The van der Waals surface area contributed by atoms with Crippen LogP contribution in [0.4, 0.5) is 5.82 Å². The highest BCUT2D eigenvalue weighted by molar-refractivity contribution is 5.86. The van der Waals surface area contributed by atoms with Crippen molar-refractivity contribution in [3.8, 4) is 11.4 Å². The van der Waals surface area contributed by atoms with E-state index in [1.807, 2.05) is 19.3 Å². The predicted octanol–water partition coefficient (Wildman–Crippen LogP) is 3.11. The number of hydrogen-bond donors (Lipinski definition) is 1. The van der Waals surface area contributed by atoms with Crippen molar-refractivity contribution in [2.75, 3.05) is 5.32 Å². The second-order valence-electron chi connectivity index (χ2n) is 8.47. The van der Waals surface area contributed by atoms with Gasteiger partial charge in [0.25, 0.3) is 0 Å². The number of rotatable bonds is 5. The van der Waals surface area contributed by atoms with E-state index in [0.29, 0.717) is 5.92 Å². The van der Waals surface area contributed by atoms with Crippen LogP contribution >= 0.6 is 0 Å². The molecule has 4 aromatic heterocycles. The fraction of sp³-hybridized carbons (Fsp3) is 0.455. The number of imidazole rings is 2. The van der Waals surface area contributed by atoms with Gasteiger partial charge in [0.2, 0.25) is 0 Å². The van der Waals surface area contributed by atoms with Gasteiger partial charge in [-0.25, -0.2) is 29.9 Å². The maximum Gasteiger partial charge on any atom is 0.165 e. The highest BCUT2D eigenvalue weighted by Gasteiger charge is 2.32. The molecular weight excluding hydrogens is 390 g/mol. The lowest BCUT2D eigenvalue weighted by Crippen LogP contribution is -2.32. The number of nitrogens with zero attached hydrogens (tertiary/aromatic N) is 8.